The highest BCUT2D eigenvalue weighted by atomic mass is 19.1. The predicted molar refractivity (Wildman–Crippen MR) is 90.0 cm³/mol. The van der Waals surface area contributed by atoms with Crippen molar-refractivity contribution in [2.45, 2.75) is 13.0 Å². The number of rotatable bonds is 6. The van der Waals surface area contributed by atoms with Crippen LogP contribution < -0.4 is 15.0 Å². The minimum absolute atomic E-state index is 0.205. The van der Waals surface area contributed by atoms with E-state index in [0.717, 1.165) is 24.7 Å². The maximum atomic E-state index is 13.6. The first-order valence-corrected chi connectivity index (χ1v) is 8.02. The maximum Gasteiger partial charge on any atom is 0.165 e. The largest absolute Gasteiger partial charge is 0.486 e. The maximum absolute atomic E-state index is 13.6. The Hall–Kier alpha value is -2.41. The Balaban J connectivity index is 1.55. The topological polar surface area (TPSA) is 59.5 Å². The molecular formula is C17H21FN4O2. The third-order valence-electron chi connectivity index (χ3n) is 3.72. The second-order valence-electron chi connectivity index (χ2n) is 5.60. The van der Waals surface area contributed by atoms with E-state index in [9.17, 15) is 4.39 Å². The van der Waals surface area contributed by atoms with Gasteiger partial charge in [0.2, 0.25) is 0 Å². The minimum atomic E-state index is -0.360. The highest BCUT2D eigenvalue weighted by Crippen LogP contribution is 2.18. The van der Waals surface area contributed by atoms with Crippen molar-refractivity contribution in [3.8, 4) is 5.75 Å². The number of nitrogens with one attached hydrogen (secondary N) is 1. The quantitative estimate of drug-likeness (QED) is 0.876. The van der Waals surface area contributed by atoms with Crippen molar-refractivity contribution in [2.24, 2.45) is 0 Å². The molecule has 1 saturated heterocycles. The van der Waals surface area contributed by atoms with Gasteiger partial charge in [-0.25, -0.2) is 14.4 Å². The number of aromatic nitrogens is 2. The van der Waals surface area contributed by atoms with E-state index in [4.69, 9.17) is 9.47 Å². The van der Waals surface area contributed by atoms with Crippen LogP contribution in [-0.2, 0) is 4.74 Å². The van der Waals surface area contributed by atoms with Gasteiger partial charge in [-0.1, -0.05) is 12.1 Å². The molecule has 0 radical (unpaired) electrons. The summed E-state index contributed by atoms with van der Waals surface area (Å²) in [5.74, 6) is 1.48. The van der Waals surface area contributed by atoms with Gasteiger partial charge in [-0.2, -0.15) is 0 Å². The molecule has 0 spiro atoms. The first kappa shape index (κ1) is 16.4. The van der Waals surface area contributed by atoms with E-state index in [1.54, 1.807) is 18.2 Å². The minimum Gasteiger partial charge on any atom is -0.486 e. The van der Waals surface area contributed by atoms with E-state index in [1.807, 2.05) is 13.0 Å². The number of para-hydroxylation sites is 1. The summed E-state index contributed by atoms with van der Waals surface area (Å²) in [4.78, 5) is 10.7. The summed E-state index contributed by atoms with van der Waals surface area (Å²) in [6.07, 6.45) is 1.33. The zero-order chi connectivity index (χ0) is 16.8. The van der Waals surface area contributed by atoms with Crippen LogP contribution in [0.3, 0.4) is 0 Å². The number of ether oxygens (including phenoxy) is 2. The van der Waals surface area contributed by atoms with E-state index >= 15 is 0 Å². The second kappa shape index (κ2) is 7.92. The molecule has 6 nitrogen and oxygen atoms in total. The molecule has 128 valence electrons. The van der Waals surface area contributed by atoms with Crippen LogP contribution in [0.1, 0.15) is 6.92 Å². The molecule has 0 saturated carbocycles. The lowest BCUT2D eigenvalue weighted by atomic mass is 10.3. The molecule has 0 aliphatic carbocycles. The normalized spacial score (nSPS) is 15.8. The number of nitrogens with zero attached hydrogens (tertiary/aromatic N) is 3. The SMILES string of the molecule is C[C@@H](CNc1cc(N2CCOCC2)ncn1)Oc1ccccc1F. The Morgan fingerprint density at radius 3 is 2.88 bits per heavy atom. The van der Waals surface area contributed by atoms with Crippen LogP contribution in [0.15, 0.2) is 36.7 Å². The molecule has 0 unspecified atom stereocenters. The van der Waals surface area contributed by atoms with E-state index < -0.39 is 0 Å². The lowest BCUT2D eigenvalue weighted by Gasteiger charge is -2.27. The Kier molecular flexibility index (Phi) is 5.43. The van der Waals surface area contributed by atoms with Crippen LogP contribution in [0.2, 0.25) is 0 Å². The molecule has 1 N–H and O–H groups in total. The fraction of sp³-hybridized carbons (Fsp3) is 0.412. The van der Waals surface area contributed by atoms with Crippen LogP contribution >= 0.6 is 0 Å². The van der Waals surface area contributed by atoms with Gasteiger partial charge in [-0.15, -0.1) is 0 Å². The van der Waals surface area contributed by atoms with Crippen molar-refractivity contribution in [3.05, 3.63) is 42.5 Å². The smallest absolute Gasteiger partial charge is 0.165 e. The van der Waals surface area contributed by atoms with Crippen LogP contribution in [0, 0.1) is 5.82 Å². The van der Waals surface area contributed by atoms with Gasteiger partial charge in [0.1, 0.15) is 24.1 Å². The molecule has 0 amide bonds. The summed E-state index contributed by atoms with van der Waals surface area (Å²) in [6.45, 7) is 5.45. The molecule has 1 atom stereocenters. The number of benzene rings is 1. The highest BCUT2D eigenvalue weighted by molar-refractivity contribution is 5.48. The predicted octanol–water partition coefficient (Wildman–Crippen LogP) is 2.33. The van der Waals surface area contributed by atoms with Gasteiger partial charge in [0.25, 0.3) is 0 Å². The van der Waals surface area contributed by atoms with Gasteiger partial charge in [-0.3, -0.25) is 0 Å². The van der Waals surface area contributed by atoms with Crippen molar-refractivity contribution in [1.29, 1.82) is 0 Å². The summed E-state index contributed by atoms with van der Waals surface area (Å²) in [7, 11) is 0. The van der Waals surface area contributed by atoms with E-state index in [2.05, 4.69) is 20.2 Å². The average Bonchev–Trinajstić information content (AvgIpc) is 2.63. The molecule has 3 rings (SSSR count). The standard InChI is InChI=1S/C17H21FN4O2/c1-13(24-15-5-3-2-4-14(15)18)11-19-16-10-17(21-12-20-16)22-6-8-23-9-7-22/h2-5,10,12-13H,6-9,11H2,1H3,(H,19,20,21)/t13-/m0/s1. The van der Waals surface area contributed by atoms with Crippen molar-refractivity contribution in [3.63, 3.8) is 0 Å². The molecule has 24 heavy (non-hydrogen) atoms. The van der Waals surface area contributed by atoms with E-state index in [1.165, 1.54) is 12.4 Å². The molecule has 1 aliphatic heterocycles. The number of hydrogen-bond donors (Lipinski definition) is 1. The molecule has 1 aromatic heterocycles. The average molecular weight is 332 g/mol. The summed E-state index contributed by atoms with van der Waals surface area (Å²) >= 11 is 0. The van der Waals surface area contributed by atoms with E-state index in [-0.39, 0.29) is 17.7 Å². The fourth-order valence-corrected chi connectivity index (χ4v) is 2.46. The molecule has 1 aromatic carbocycles. The van der Waals surface area contributed by atoms with Gasteiger partial charge >= 0.3 is 0 Å². The van der Waals surface area contributed by atoms with Gasteiger partial charge in [0, 0.05) is 19.2 Å². The zero-order valence-corrected chi connectivity index (χ0v) is 13.6. The lowest BCUT2D eigenvalue weighted by molar-refractivity contribution is 0.122. The molecule has 7 heteroatoms. The number of hydrogen-bond acceptors (Lipinski definition) is 6. The number of anilines is 2. The molecule has 1 fully saturated rings. The highest BCUT2D eigenvalue weighted by Gasteiger charge is 2.13. The Morgan fingerprint density at radius 2 is 2.08 bits per heavy atom. The van der Waals surface area contributed by atoms with Crippen molar-refractivity contribution in [1.82, 2.24) is 9.97 Å². The zero-order valence-electron chi connectivity index (χ0n) is 13.6. The molecule has 2 heterocycles. The summed E-state index contributed by atoms with van der Waals surface area (Å²) < 4.78 is 24.5. The number of halogens is 1. The van der Waals surface area contributed by atoms with Gasteiger partial charge in [0.15, 0.2) is 11.6 Å². The summed E-state index contributed by atoms with van der Waals surface area (Å²) in [5, 5.41) is 3.21. The Labute approximate surface area is 140 Å². The number of morpholine rings is 1. The van der Waals surface area contributed by atoms with E-state index in [0.29, 0.717) is 19.8 Å². The molecule has 2 aromatic rings. The van der Waals surface area contributed by atoms with Crippen molar-refractivity contribution in [2.75, 3.05) is 43.1 Å². The Morgan fingerprint density at radius 1 is 1.29 bits per heavy atom. The first-order valence-electron chi connectivity index (χ1n) is 8.02. The summed E-state index contributed by atoms with van der Waals surface area (Å²) in [5.41, 5.74) is 0. The van der Waals surface area contributed by atoms with Gasteiger partial charge in [0.05, 0.1) is 19.8 Å². The van der Waals surface area contributed by atoms with Gasteiger partial charge in [-0.05, 0) is 19.1 Å². The van der Waals surface area contributed by atoms with Crippen LogP contribution in [0.25, 0.3) is 0 Å². The summed E-state index contributed by atoms with van der Waals surface area (Å²) in [6, 6.07) is 8.29. The monoisotopic (exact) mass is 332 g/mol. The fourth-order valence-electron chi connectivity index (χ4n) is 2.46. The van der Waals surface area contributed by atoms with Crippen molar-refractivity contribution < 1.29 is 13.9 Å². The lowest BCUT2D eigenvalue weighted by Crippen LogP contribution is -2.36. The van der Waals surface area contributed by atoms with Gasteiger partial charge < -0.3 is 19.7 Å². The van der Waals surface area contributed by atoms with Crippen LogP contribution in [0.4, 0.5) is 16.0 Å². The second-order valence-corrected chi connectivity index (χ2v) is 5.60. The van der Waals surface area contributed by atoms with Crippen LogP contribution in [-0.4, -0.2) is 48.9 Å². The third-order valence-corrected chi connectivity index (χ3v) is 3.72. The van der Waals surface area contributed by atoms with Crippen LogP contribution in [0.5, 0.6) is 5.75 Å². The molecular weight excluding hydrogens is 311 g/mol. The Bertz CT molecular complexity index is 665. The first-order chi connectivity index (χ1) is 11.7. The van der Waals surface area contributed by atoms with Crippen molar-refractivity contribution >= 4 is 11.6 Å². The molecule has 1 aliphatic rings. The molecule has 0 bridgehead atoms. The third kappa shape index (κ3) is 4.32.